The predicted molar refractivity (Wildman–Crippen MR) is 125 cm³/mol. The normalized spacial score (nSPS) is 45.7. The summed E-state index contributed by atoms with van der Waals surface area (Å²) in [5.41, 5.74) is 2.02. The molecule has 33 heavy (non-hydrogen) atoms. The van der Waals surface area contributed by atoms with Gasteiger partial charge in [-0.15, -0.1) is 0 Å². The lowest BCUT2D eigenvalue weighted by Gasteiger charge is -2.58. The van der Waals surface area contributed by atoms with E-state index < -0.39 is 11.5 Å². The van der Waals surface area contributed by atoms with E-state index in [1.165, 1.54) is 0 Å². The van der Waals surface area contributed by atoms with Gasteiger partial charge in [-0.3, -0.25) is 4.79 Å². The van der Waals surface area contributed by atoms with E-state index >= 15 is 0 Å². The summed E-state index contributed by atoms with van der Waals surface area (Å²) in [4.78, 5) is 25.5. The van der Waals surface area contributed by atoms with E-state index in [9.17, 15) is 19.8 Å². The third-order valence-corrected chi connectivity index (χ3v) is 10.6. The second-order valence-corrected chi connectivity index (χ2v) is 11.8. The van der Waals surface area contributed by atoms with Crippen LogP contribution in [0.5, 0.6) is 0 Å². The maximum absolute atomic E-state index is 13.1. The molecule has 0 aromatic rings. The van der Waals surface area contributed by atoms with Crippen LogP contribution in [-0.4, -0.2) is 40.8 Å². The third-order valence-electron chi connectivity index (χ3n) is 10.6. The van der Waals surface area contributed by atoms with E-state index in [1.54, 1.807) is 6.08 Å². The molecule has 2 N–H and O–H groups in total. The molecule has 0 aromatic heterocycles. The van der Waals surface area contributed by atoms with Crippen molar-refractivity contribution in [1.29, 1.82) is 0 Å². The quantitative estimate of drug-likeness (QED) is 0.495. The summed E-state index contributed by atoms with van der Waals surface area (Å²) in [7, 11) is 0. The Kier molecular flexibility index (Phi) is 5.52. The number of rotatable bonds is 3. The molecule has 0 aromatic carbocycles. The van der Waals surface area contributed by atoms with Gasteiger partial charge in [0.1, 0.15) is 6.10 Å². The maximum Gasteiger partial charge on any atom is 0.336 e. The zero-order chi connectivity index (χ0) is 23.7. The lowest BCUT2D eigenvalue weighted by atomic mass is 9.46. The van der Waals surface area contributed by atoms with Crippen LogP contribution >= 0.6 is 0 Å². The van der Waals surface area contributed by atoms with Crippen molar-refractivity contribution in [3.05, 3.63) is 34.9 Å². The van der Waals surface area contributed by atoms with Gasteiger partial charge in [0.25, 0.3) is 0 Å². The third kappa shape index (κ3) is 3.18. The Morgan fingerprint density at radius 1 is 1.18 bits per heavy atom. The van der Waals surface area contributed by atoms with Gasteiger partial charge in [0.2, 0.25) is 0 Å². The number of fused-ring (bicyclic) bond motifs is 5. The molecular formula is C28H38O5. The molecule has 0 amide bonds. The molecule has 2 fully saturated rings. The number of carbonyl (C=O) groups excluding carboxylic acids is 2. The molecule has 1 heterocycles. The van der Waals surface area contributed by atoms with Crippen molar-refractivity contribution in [2.24, 2.45) is 40.4 Å². The van der Waals surface area contributed by atoms with Crippen LogP contribution in [0.2, 0.25) is 0 Å². The Hall–Kier alpha value is -1.72. The summed E-state index contributed by atoms with van der Waals surface area (Å²) < 4.78 is 5.82. The largest absolute Gasteiger partial charge is 0.458 e. The van der Waals surface area contributed by atoms with Gasteiger partial charge >= 0.3 is 5.97 Å². The van der Waals surface area contributed by atoms with E-state index in [2.05, 4.69) is 20.8 Å². The van der Waals surface area contributed by atoms with Crippen molar-refractivity contribution in [2.75, 3.05) is 6.61 Å². The summed E-state index contributed by atoms with van der Waals surface area (Å²) in [6.07, 6.45) is 10.6. The molecule has 9 unspecified atom stereocenters. The monoisotopic (exact) mass is 454 g/mol. The molecule has 9 atom stereocenters. The fraction of sp³-hybridized carbons (Fsp3) is 0.714. The lowest BCUT2D eigenvalue weighted by molar-refractivity contribution is -0.153. The first-order valence-corrected chi connectivity index (χ1v) is 12.7. The first-order valence-electron chi connectivity index (χ1n) is 12.7. The Morgan fingerprint density at radius 2 is 1.94 bits per heavy atom. The molecule has 180 valence electrons. The van der Waals surface area contributed by atoms with Gasteiger partial charge in [-0.25, -0.2) is 4.79 Å². The number of ketones is 1. The highest BCUT2D eigenvalue weighted by atomic mass is 16.5. The van der Waals surface area contributed by atoms with Gasteiger partial charge in [-0.1, -0.05) is 37.1 Å². The van der Waals surface area contributed by atoms with Gasteiger partial charge in [0, 0.05) is 6.42 Å². The van der Waals surface area contributed by atoms with Gasteiger partial charge < -0.3 is 14.9 Å². The number of hydrogen-bond acceptors (Lipinski definition) is 5. The van der Waals surface area contributed by atoms with Gasteiger partial charge in [0.15, 0.2) is 5.78 Å². The number of allylic oxidation sites excluding steroid dienone is 3. The Bertz CT molecular complexity index is 959. The number of aliphatic hydroxyl groups excluding tert-OH is 2. The smallest absolute Gasteiger partial charge is 0.336 e. The number of hydrogen-bond donors (Lipinski definition) is 2. The van der Waals surface area contributed by atoms with E-state index in [4.69, 9.17) is 4.74 Å². The average Bonchev–Trinajstić information content (AvgIpc) is 3.12. The molecule has 0 bridgehead atoms. The molecule has 0 radical (unpaired) electrons. The van der Waals surface area contributed by atoms with Crippen LogP contribution in [0.4, 0.5) is 0 Å². The zero-order valence-corrected chi connectivity index (χ0v) is 20.3. The van der Waals surface area contributed by atoms with Crippen molar-refractivity contribution < 1.29 is 24.5 Å². The molecule has 0 spiro atoms. The zero-order valence-electron chi connectivity index (χ0n) is 20.3. The molecule has 4 aliphatic carbocycles. The van der Waals surface area contributed by atoms with Crippen molar-refractivity contribution >= 4 is 11.8 Å². The number of aliphatic hydroxyl groups is 2. The van der Waals surface area contributed by atoms with Gasteiger partial charge in [0.05, 0.1) is 23.7 Å². The summed E-state index contributed by atoms with van der Waals surface area (Å²) in [5.74, 6) is 1.07. The van der Waals surface area contributed by atoms with Crippen molar-refractivity contribution in [3.63, 3.8) is 0 Å². The van der Waals surface area contributed by atoms with Gasteiger partial charge in [-0.05, 0) is 87.0 Å². The Morgan fingerprint density at radius 3 is 2.64 bits per heavy atom. The van der Waals surface area contributed by atoms with Crippen LogP contribution < -0.4 is 0 Å². The lowest BCUT2D eigenvalue weighted by Crippen LogP contribution is -2.56. The Balaban J connectivity index is 1.42. The highest BCUT2D eigenvalue weighted by molar-refractivity contribution is 5.98. The van der Waals surface area contributed by atoms with Crippen LogP contribution in [-0.2, 0) is 14.3 Å². The van der Waals surface area contributed by atoms with Crippen molar-refractivity contribution in [1.82, 2.24) is 0 Å². The standard InChI is InChI=1S/C28H38O5/c1-15-12-23(33-26(32)18(15)14-29)16(2)19-8-9-20-25-21(10-11-27(19,20)3)28(4)17(13-22(25)30)6-5-7-24(28)31/h5,7,13,16,19-23,25,29-30H,6,8-12,14H2,1-4H3. The molecule has 2 saturated carbocycles. The Labute approximate surface area is 197 Å². The highest BCUT2D eigenvalue weighted by Crippen LogP contribution is 2.66. The number of ether oxygens (including phenoxy) is 1. The van der Waals surface area contributed by atoms with Gasteiger partial charge in [-0.2, -0.15) is 0 Å². The fourth-order valence-corrected chi connectivity index (χ4v) is 8.67. The topological polar surface area (TPSA) is 83.8 Å². The number of esters is 1. The second-order valence-electron chi connectivity index (χ2n) is 11.8. The average molecular weight is 455 g/mol. The fourth-order valence-electron chi connectivity index (χ4n) is 8.67. The second kappa shape index (κ2) is 7.91. The summed E-state index contributed by atoms with van der Waals surface area (Å²) >= 11 is 0. The number of carbonyl (C=O) groups is 2. The first kappa shape index (κ1) is 23.0. The minimum atomic E-state index is -0.499. The van der Waals surface area contributed by atoms with E-state index in [1.807, 2.05) is 19.1 Å². The first-order chi connectivity index (χ1) is 15.6. The van der Waals surface area contributed by atoms with Crippen LogP contribution in [0.15, 0.2) is 34.9 Å². The minimum Gasteiger partial charge on any atom is -0.458 e. The predicted octanol–water partition coefficient (Wildman–Crippen LogP) is 4.14. The number of cyclic esters (lactones) is 1. The van der Waals surface area contributed by atoms with Crippen molar-refractivity contribution in [2.45, 2.75) is 78.4 Å². The maximum atomic E-state index is 13.1. The van der Waals surface area contributed by atoms with E-state index in [0.717, 1.165) is 43.3 Å². The van der Waals surface area contributed by atoms with Crippen molar-refractivity contribution in [3.8, 4) is 0 Å². The molecule has 0 saturated heterocycles. The van der Waals surface area contributed by atoms with Crippen LogP contribution in [0.3, 0.4) is 0 Å². The van der Waals surface area contributed by atoms with Crippen LogP contribution in [0, 0.1) is 40.4 Å². The minimum absolute atomic E-state index is 0.0537. The molecule has 5 nitrogen and oxygen atoms in total. The van der Waals surface area contributed by atoms with E-state index in [0.29, 0.717) is 23.8 Å². The molecule has 1 aliphatic heterocycles. The molecule has 5 aliphatic rings. The molecule has 5 heteroatoms. The van der Waals surface area contributed by atoms with Crippen LogP contribution in [0.1, 0.15) is 66.2 Å². The molecular weight excluding hydrogens is 416 g/mol. The highest BCUT2D eigenvalue weighted by Gasteiger charge is 2.62. The summed E-state index contributed by atoms with van der Waals surface area (Å²) in [6, 6.07) is 0. The van der Waals surface area contributed by atoms with Crippen LogP contribution in [0.25, 0.3) is 0 Å². The van der Waals surface area contributed by atoms with E-state index in [-0.39, 0.29) is 47.6 Å². The summed E-state index contributed by atoms with van der Waals surface area (Å²) in [5, 5.41) is 20.8. The SMILES string of the molecule is CC1=C(CO)C(=O)OC(C(C)C2CCC3C4C(O)C=C5CC=CC(=O)C5(C)C4CCC23C)C1. The summed E-state index contributed by atoms with van der Waals surface area (Å²) in [6.45, 7) is 8.37. The molecule has 5 rings (SSSR count).